The number of aromatic nitrogens is 1. The Morgan fingerprint density at radius 3 is 2.93 bits per heavy atom. The number of nitrogens with zero attached hydrogens (tertiary/aromatic N) is 1. The van der Waals surface area contributed by atoms with Gasteiger partial charge in [0.15, 0.2) is 0 Å². The van der Waals surface area contributed by atoms with E-state index in [1.807, 2.05) is 6.92 Å². The predicted molar refractivity (Wildman–Crippen MR) is 61.4 cm³/mol. The van der Waals surface area contributed by atoms with Gasteiger partial charge in [0.25, 0.3) is 0 Å². The van der Waals surface area contributed by atoms with E-state index >= 15 is 0 Å². The molecule has 0 saturated heterocycles. The molecule has 84 valence electrons. The molecule has 4 heteroatoms. The lowest BCUT2D eigenvalue weighted by Crippen LogP contribution is -2.28. The van der Waals surface area contributed by atoms with Gasteiger partial charge in [-0.25, -0.2) is 0 Å². The summed E-state index contributed by atoms with van der Waals surface area (Å²) in [4.78, 5) is 3.98. The van der Waals surface area contributed by atoms with E-state index in [4.69, 9.17) is 5.73 Å². The molecule has 0 aliphatic heterocycles. The van der Waals surface area contributed by atoms with Gasteiger partial charge in [-0.1, -0.05) is 6.92 Å². The maximum absolute atomic E-state index is 10.2. The minimum Gasteiger partial charge on any atom is -0.398 e. The van der Waals surface area contributed by atoms with E-state index in [0.29, 0.717) is 17.7 Å². The van der Waals surface area contributed by atoms with Crippen molar-refractivity contribution in [1.82, 2.24) is 10.3 Å². The quantitative estimate of drug-likeness (QED) is 0.629. The van der Waals surface area contributed by atoms with E-state index in [1.165, 1.54) is 0 Å². The number of nitrogens with two attached hydrogens (primary N) is 1. The van der Waals surface area contributed by atoms with Crippen molar-refractivity contribution < 1.29 is 5.11 Å². The van der Waals surface area contributed by atoms with Crippen molar-refractivity contribution >= 4 is 5.69 Å². The highest BCUT2D eigenvalue weighted by atomic mass is 16.3. The van der Waals surface area contributed by atoms with Crippen LogP contribution in [0, 0.1) is 0 Å². The largest absolute Gasteiger partial charge is 0.398 e. The maximum atomic E-state index is 10.2. The van der Waals surface area contributed by atoms with Crippen molar-refractivity contribution in [2.75, 3.05) is 18.8 Å². The fourth-order valence-corrected chi connectivity index (χ4v) is 1.50. The van der Waals surface area contributed by atoms with Crippen LogP contribution in [0.5, 0.6) is 0 Å². The van der Waals surface area contributed by atoms with Crippen molar-refractivity contribution in [3.63, 3.8) is 0 Å². The van der Waals surface area contributed by atoms with Gasteiger partial charge in [0.05, 0.1) is 5.60 Å². The smallest absolute Gasteiger partial charge is 0.0915 e. The molecular weight excluding hydrogens is 190 g/mol. The lowest BCUT2D eigenvalue weighted by Gasteiger charge is -2.24. The van der Waals surface area contributed by atoms with Gasteiger partial charge in [-0.05, 0) is 32.5 Å². The summed E-state index contributed by atoms with van der Waals surface area (Å²) in [5.41, 5.74) is 6.16. The number of anilines is 1. The van der Waals surface area contributed by atoms with Gasteiger partial charge >= 0.3 is 0 Å². The van der Waals surface area contributed by atoms with Crippen LogP contribution in [0.1, 0.15) is 25.8 Å². The van der Waals surface area contributed by atoms with Crippen LogP contribution >= 0.6 is 0 Å². The average Bonchev–Trinajstić information content (AvgIpc) is 2.18. The number of pyridine rings is 1. The van der Waals surface area contributed by atoms with Crippen LogP contribution in [0.25, 0.3) is 0 Å². The second kappa shape index (κ2) is 5.09. The monoisotopic (exact) mass is 209 g/mol. The van der Waals surface area contributed by atoms with Crippen molar-refractivity contribution in [3.8, 4) is 0 Å². The van der Waals surface area contributed by atoms with Gasteiger partial charge in [-0.3, -0.25) is 4.98 Å². The van der Waals surface area contributed by atoms with Crippen LogP contribution in [0.3, 0.4) is 0 Å². The Kier molecular flexibility index (Phi) is 4.05. The molecule has 1 aromatic rings. The lowest BCUT2D eigenvalue weighted by molar-refractivity contribution is 0.0486. The van der Waals surface area contributed by atoms with Crippen LogP contribution < -0.4 is 11.1 Å². The van der Waals surface area contributed by atoms with Gasteiger partial charge in [0.2, 0.25) is 0 Å². The minimum absolute atomic E-state index is 0.589. The fourth-order valence-electron chi connectivity index (χ4n) is 1.50. The first-order valence-electron chi connectivity index (χ1n) is 5.21. The van der Waals surface area contributed by atoms with Crippen LogP contribution in [-0.2, 0) is 5.60 Å². The fraction of sp³-hybridized carbons (Fsp3) is 0.545. The van der Waals surface area contributed by atoms with E-state index in [-0.39, 0.29) is 0 Å². The molecule has 1 unspecified atom stereocenters. The van der Waals surface area contributed by atoms with Crippen molar-refractivity contribution in [1.29, 1.82) is 0 Å². The molecule has 0 bridgehead atoms. The van der Waals surface area contributed by atoms with E-state index in [2.05, 4.69) is 10.3 Å². The topological polar surface area (TPSA) is 71.2 Å². The molecule has 4 nitrogen and oxygen atoms in total. The third-order valence-corrected chi connectivity index (χ3v) is 2.47. The maximum Gasteiger partial charge on any atom is 0.0915 e. The van der Waals surface area contributed by atoms with Gasteiger partial charge in [-0.2, -0.15) is 0 Å². The first kappa shape index (κ1) is 11.9. The zero-order valence-corrected chi connectivity index (χ0v) is 9.33. The van der Waals surface area contributed by atoms with E-state index in [0.717, 1.165) is 13.1 Å². The van der Waals surface area contributed by atoms with Crippen molar-refractivity contribution in [2.45, 2.75) is 25.9 Å². The van der Waals surface area contributed by atoms with Gasteiger partial charge in [0, 0.05) is 23.6 Å². The zero-order valence-electron chi connectivity index (χ0n) is 9.33. The summed E-state index contributed by atoms with van der Waals surface area (Å²) in [6, 6.07) is 1.71. The Morgan fingerprint density at radius 2 is 2.33 bits per heavy atom. The Balaban J connectivity index is 2.72. The van der Waals surface area contributed by atoms with E-state index < -0.39 is 5.60 Å². The molecule has 0 aliphatic rings. The van der Waals surface area contributed by atoms with Crippen LogP contribution in [0.15, 0.2) is 18.5 Å². The standard InChI is InChI=1S/C11H19N3O/c1-3-13-7-5-11(2,15)9-8-14-6-4-10(9)12/h4,6,8,13,15H,3,5,7H2,1-2H3,(H2,12,14). The highest BCUT2D eigenvalue weighted by molar-refractivity contribution is 5.47. The molecule has 4 N–H and O–H groups in total. The molecule has 0 amide bonds. The molecule has 0 spiro atoms. The molecule has 0 aromatic carbocycles. The minimum atomic E-state index is -0.916. The summed E-state index contributed by atoms with van der Waals surface area (Å²) >= 11 is 0. The van der Waals surface area contributed by atoms with Crippen molar-refractivity contribution in [2.24, 2.45) is 0 Å². The third-order valence-electron chi connectivity index (χ3n) is 2.47. The molecule has 1 rings (SSSR count). The number of hydrogen-bond donors (Lipinski definition) is 3. The zero-order chi connectivity index (χ0) is 11.3. The van der Waals surface area contributed by atoms with E-state index in [1.54, 1.807) is 25.4 Å². The SMILES string of the molecule is CCNCCC(C)(O)c1cnccc1N. The molecular formula is C11H19N3O. The van der Waals surface area contributed by atoms with Crippen LogP contribution in [0.2, 0.25) is 0 Å². The summed E-state index contributed by atoms with van der Waals surface area (Å²) in [6.45, 7) is 5.46. The first-order chi connectivity index (χ1) is 7.08. The number of nitrogen functional groups attached to an aromatic ring is 1. The van der Waals surface area contributed by atoms with Crippen LogP contribution in [0.4, 0.5) is 5.69 Å². The molecule has 1 aromatic heterocycles. The Bertz CT molecular complexity index is 312. The number of aliphatic hydroxyl groups is 1. The molecule has 0 saturated carbocycles. The number of hydrogen-bond acceptors (Lipinski definition) is 4. The Morgan fingerprint density at radius 1 is 1.60 bits per heavy atom. The lowest BCUT2D eigenvalue weighted by atomic mass is 9.93. The van der Waals surface area contributed by atoms with Gasteiger partial charge in [0.1, 0.15) is 0 Å². The van der Waals surface area contributed by atoms with E-state index in [9.17, 15) is 5.11 Å². The predicted octanol–water partition coefficient (Wildman–Crippen LogP) is 0.871. The second-order valence-corrected chi connectivity index (χ2v) is 3.84. The summed E-state index contributed by atoms with van der Waals surface area (Å²) in [5, 5.41) is 13.4. The first-order valence-corrected chi connectivity index (χ1v) is 5.21. The normalized spacial score (nSPS) is 14.9. The summed E-state index contributed by atoms with van der Waals surface area (Å²) < 4.78 is 0. The third kappa shape index (κ3) is 3.18. The molecule has 0 radical (unpaired) electrons. The van der Waals surface area contributed by atoms with Crippen LogP contribution in [-0.4, -0.2) is 23.2 Å². The molecule has 0 fully saturated rings. The summed E-state index contributed by atoms with van der Waals surface area (Å²) in [6.07, 6.45) is 3.87. The molecule has 0 aliphatic carbocycles. The summed E-state index contributed by atoms with van der Waals surface area (Å²) in [7, 11) is 0. The Labute approximate surface area is 90.5 Å². The molecule has 15 heavy (non-hydrogen) atoms. The number of rotatable bonds is 5. The average molecular weight is 209 g/mol. The number of nitrogens with one attached hydrogen (secondary N) is 1. The highest BCUT2D eigenvalue weighted by Crippen LogP contribution is 2.27. The summed E-state index contributed by atoms with van der Waals surface area (Å²) in [5.74, 6) is 0. The highest BCUT2D eigenvalue weighted by Gasteiger charge is 2.24. The van der Waals surface area contributed by atoms with Crippen molar-refractivity contribution in [3.05, 3.63) is 24.0 Å². The molecule has 1 atom stereocenters. The van der Waals surface area contributed by atoms with Gasteiger partial charge in [-0.15, -0.1) is 0 Å². The molecule has 1 heterocycles. The Hall–Kier alpha value is -1.13. The second-order valence-electron chi connectivity index (χ2n) is 3.84. The van der Waals surface area contributed by atoms with Gasteiger partial charge < -0.3 is 16.2 Å².